The number of unbranched alkanes of at least 4 members (excludes halogenated alkanes) is 1. The van der Waals surface area contributed by atoms with Gasteiger partial charge in [0.15, 0.2) is 5.96 Å². The standard InChI is InChI=1S/C21H37N3O3/c1-4-5-12-25-14-15-26-13-11-23-21(22-3)24-16-19(2)17-27-18-20-9-7-6-8-10-20/h6-10,19H,4-5,11-18H2,1-3H3,(H2,22,23,24). The van der Waals surface area contributed by atoms with Crippen LogP contribution in [-0.4, -0.2) is 59.1 Å². The second-order valence-electron chi connectivity index (χ2n) is 6.56. The number of hydrogen-bond donors (Lipinski definition) is 2. The third-order valence-corrected chi connectivity index (χ3v) is 3.91. The Morgan fingerprint density at radius 3 is 2.44 bits per heavy atom. The molecule has 154 valence electrons. The summed E-state index contributed by atoms with van der Waals surface area (Å²) in [4.78, 5) is 4.23. The van der Waals surface area contributed by atoms with Gasteiger partial charge in [0.1, 0.15) is 0 Å². The first-order chi connectivity index (χ1) is 13.3. The number of rotatable bonds is 15. The summed E-state index contributed by atoms with van der Waals surface area (Å²) in [6.07, 6.45) is 2.27. The lowest BCUT2D eigenvalue weighted by Gasteiger charge is -2.16. The topological polar surface area (TPSA) is 64.1 Å². The maximum Gasteiger partial charge on any atom is 0.191 e. The predicted molar refractivity (Wildman–Crippen MR) is 111 cm³/mol. The zero-order valence-corrected chi connectivity index (χ0v) is 17.2. The van der Waals surface area contributed by atoms with E-state index in [1.54, 1.807) is 7.05 Å². The molecule has 0 aliphatic rings. The van der Waals surface area contributed by atoms with Gasteiger partial charge in [0.05, 0.1) is 33.0 Å². The van der Waals surface area contributed by atoms with E-state index in [9.17, 15) is 0 Å². The molecule has 0 aromatic heterocycles. The molecular weight excluding hydrogens is 342 g/mol. The van der Waals surface area contributed by atoms with Crippen LogP contribution in [0.15, 0.2) is 35.3 Å². The van der Waals surface area contributed by atoms with Gasteiger partial charge >= 0.3 is 0 Å². The molecule has 1 rings (SSSR count). The first-order valence-corrected chi connectivity index (χ1v) is 9.98. The summed E-state index contributed by atoms with van der Waals surface area (Å²) in [7, 11) is 1.77. The van der Waals surface area contributed by atoms with Crippen LogP contribution in [0.1, 0.15) is 32.3 Å². The summed E-state index contributed by atoms with van der Waals surface area (Å²) in [5.41, 5.74) is 1.20. The highest BCUT2D eigenvalue weighted by atomic mass is 16.5. The molecule has 0 radical (unpaired) electrons. The third-order valence-electron chi connectivity index (χ3n) is 3.91. The summed E-state index contributed by atoms with van der Waals surface area (Å²) in [5.74, 6) is 1.18. The van der Waals surface area contributed by atoms with E-state index in [1.165, 1.54) is 5.56 Å². The molecule has 0 amide bonds. The summed E-state index contributed by atoms with van der Waals surface area (Å²) < 4.78 is 16.8. The molecule has 1 aromatic carbocycles. The van der Waals surface area contributed by atoms with Crippen molar-refractivity contribution >= 4 is 5.96 Å². The van der Waals surface area contributed by atoms with Gasteiger partial charge in [-0.15, -0.1) is 0 Å². The Morgan fingerprint density at radius 2 is 1.74 bits per heavy atom. The van der Waals surface area contributed by atoms with E-state index >= 15 is 0 Å². The molecule has 1 aromatic rings. The highest BCUT2D eigenvalue weighted by Crippen LogP contribution is 2.02. The van der Waals surface area contributed by atoms with Gasteiger partial charge in [-0.05, 0) is 17.9 Å². The Morgan fingerprint density at radius 1 is 1.00 bits per heavy atom. The van der Waals surface area contributed by atoms with Crippen molar-refractivity contribution in [1.29, 1.82) is 0 Å². The van der Waals surface area contributed by atoms with Crippen molar-refractivity contribution < 1.29 is 14.2 Å². The van der Waals surface area contributed by atoms with Crippen molar-refractivity contribution in [2.45, 2.75) is 33.3 Å². The number of aliphatic imine (C=N–C) groups is 1. The van der Waals surface area contributed by atoms with Gasteiger partial charge in [0.2, 0.25) is 0 Å². The van der Waals surface area contributed by atoms with Crippen molar-refractivity contribution in [2.75, 3.05) is 53.2 Å². The summed E-state index contributed by atoms with van der Waals surface area (Å²) in [6, 6.07) is 10.2. The zero-order chi connectivity index (χ0) is 19.6. The highest BCUT2D eigenvalue weighted by molar-refractivity contribution is 5.79. The van der Waals surface area contributed by atoms with E-state index in [-0.39, 0.29) is 0 Å². The van der Waals surface area contributed by atoms with Crippen molar-refractivity contribution in [2.24, 2.45) is 10.9 Å². The van der Waals surface area contributed by atoms with Gasteiger partial charge in [0.25, 0.3) is 0 Å². The first-order valence-electron chi connectivity index (χ1n) is 9.98. The van der Waals surface area contributed by atoms with Crippen LogP contribution in [0.3, 0.4) is 0 Å². The van der Waals surface area contributed by atoms with Crippen LogP contribution in [0.25, 0.3) is 0 Å². The van der Waals surface area contributed by atoms with Crippen LogP contribution in [-0.2, 0) is 20.8 Å². The monoisotopic (exact) mass is 379 g/mol. The molecule has 6 heteroatoms. The van der Waals surface area contributed by atoms with E-state index in [1.807, 2.05) is 18.2 Å². The third kappa shape index (κ3) is 13.2. The Labute approximate surface area is 164 Å². The minimum absolute atomic E-state index is 0.392. The summed E-state index contributed by atoms with van der Waals surface area (Å²) >= 11 is 0. The van der Waals surface area contributed by atoms with Crippen molar-refractivity contribution in [3.8, 4) is 0 Å². The van der Waals surface area contributed by atoms with Gasteiger partial charge in [-0.1, -0.05) is 50.6 Å². The zero-order valence-electron chi connectivity index (χ0n) is 17.2. The van der Waals surface area contributed by atoms with Gasteiger partial charge in [-0.2, -0.15) is 0 Å². The van der Waals surface area contributed by atoms with Crippen LogP contribution in [0.5, 0.6) is 0 Å². The van der Waals surface area contributed by atoms with E-state index in [0.29, 0.717) is 45.5 Å². The number of guanidine groups is 1. The minimum Gasteiger partial charge on any atom is -0.379 e. The fourth-order valence-corrected chi connectivity index (χ4v) is 2.31. The SMILES string of the molecule is CCCCOCCOCCNC(=NC)NCC(C)COCc1ccccc1. The number of ether oxygens (including phenoxy) is 3. The van der Waals surface area contributed by atoms with Gasteiger partial charge < -0.3 is 24.8 Å². The molecule has 0 spiro atoms. The van der Waals surface area contributed by atoms with Crippen LogP contribution in [0, 0.1) is 5.92 Å². The average molecular weight is 380 g/mol. The number of nitrogens with one attached hydrogen (secondary N) is 2. The molecule has 6 nitrogen and oxygen atoms in total. The maximum atomic E-state index is 5.78. The lowest BCUT2D eigenvalue weighted by Crippen LogP contribution is -2.41. The van der Waals surface area contributed by atoms with Crippen molar-refractivity contribution in [3.63, 3.8) is 0 Å². The largest absolute Gasteiger partial charge is 0.379 e. The number of hydrogen-bond acceptors (Lipinski definition) is 4. The molecule has 0 bridgehead atoms. The molecule has 0 aliphatic heterocycles. The molecule has 0 saturated carbocycles. The lowest BCUT2D eigenvalue weighted by molar-refractivity contribution is 0.0487. The lowest BCUT2D eigenvalue weighted by atomic mass is 10.2. The molecular formula is C21H37N3O3. The first kappa shape index (κ1) is 23.4. The van der Waals surface area contributed by atoms with E-state index in [4.69, 9.17) is 14.2 Å². The van der Waals surface area contributed by atoms with E-state index in [0.717, 1.165) is 32.0 Å². The fourth-order valence-electron chi connectivity index (χ4n) is 2.31. The Bertz CT molecular complexity index is 483. The van der Waals surface area contributed by atoms with E-state index in [2.05, 4.69) is 41.6 Å². The van der Waals surface area contributed by atoms with E-state index < -0.39 is 0 Å². The smallest absolute Gasteiger partial charge is 0.191 e. The summed E-state index contributed by atoms with van der Waals surface area (Å²) in [6.45, 7) is 9.94. The minimum atomic E-state index is 0.392. The molecule has 0 fully saturated rings. The van der Waals surface area contributed by atoms with Crippen LogP contribution < -0.4 is 10.6 Å². The van der Waals surface area contributed by atoms with Gasteiger partial charge in [-0.25, -0.2) is 0 Å². The normalized spacial score (nSPS) is 12.8. The molecule has 27 heavy (non-hydrogen) atoms. The molecule has 0 heterocycles. The van der Waals surface area contributed by atoms with Crippen molar-refractivity contribution in [1.82, 2.24) is 10.6 Å². The second kappa shape index (κ2) is 16.5. The fraction of sp³-hybridized carbons (Fsp3) is 0.667. The number of nitrogens with zero attached hydrogens (tertiary/aromatic N) is 1. The highest BCUT2D eigenvalue weighted by Gasteiger charge is 2.04. The van der Waals surface area contributed by atoms with Gasteiger partial charge in [-0.3, -0.25) is 4.99 Å². The number of benzene rings is 1. The molecule has 0 aliphatic carbocycles. The Hall–Kier alpha value is -1.63. The maximum absolute atomic E-state index is 5.78. The Balaban J connectivity index is 2.00. The van der Waals surface area contributed by atoms with Crippen LogP contribution in [0.2, 0.25) is 0 Å². The molecule has 2 N–H and O–H groups in total. The average Bonchev–Trinajstić information content (AvgIpc) is 2.69. The second-order valence-corrected chi connectivity index (χ2v) is 6.56. The van der Waals surface area contributed by atoms with Gasteiger partial charge in [0, 0.05) is 26.7 Å². The quantitative estimate of drug-likeness (QED) is 0.279. The molecule has 1 atom stereocenters. The van der Waals surface area contributed by atoms with Crippen LogP contribution >= 0.6 is 0 Å². The molecule has 1 unspecified atom stereocenters. The van der Waals surface area contributed by atoms with Crippen LogP contribution in [0.4, 0.5) is 0 Å². The summed E-state index contributed by atoms with van der Waals surface area (Å²) in [5, 5.41) is 6.57. The van der Waals surface area contributed by atoms with Crippen molar-refractivity contribution in [3.05, 3.63) is 35.9 Å². The molecule has 0 saturated heterocycles. The Kier molecular flexibility index (Phi) is 14.3. The predicted octanol–water partition coefficient (Wildman–Crippen LogP) is 2.84.